The van der Waals surface area contributed by atoms with Crippen LogP contribution in [0.2, 0.25) is 0 Å². The van der Waals surface area contributed by atoms with Crippen molar-refractivity contribution in [1.82, 2.24) is 9.55 Å². The second-order valence-electron chi connectivity index (χ2n) is 3.33. The standard InChI is InChI=1S/C9H15N2.C2H2O4.ClH.HNO2.Pt/c1-3-5-7-11-8-6-10-9(11)4-2;3-1(4)2(5)6;;2-1-3;/h6,8H,2-5,7H2,1H3;(H,3,4)(H,5,6);1H;(H,2,3);/q-1;;;;+2/p-2. The van der Waals surface area contributed by atoms with Crippen molar-refractivity contribution in [1.29, 1.82) is 0 Å². The molecular formula is C11H17ClN3O6Pt-. The zero-order valence-corrected chi connectivity index (χ0v) is 14.8. The molecule has 9 nitrogen and oxygen atoms in total. The second kappa shape index (κ2) is 19.5. The molecule has 0 radical (unpaired) electrons. The minimum absolute atomic E-state index is 0.788. The summed E-state index contributed by atoms with van der Waals surface area (Å²) >= 11 is 1.61. The maximum absolute atomic E-state index is 9.10. The van der Waals surface area contributed by atoms with Gasteiger partial charge >= 0.3 is 40.1 Å². The van der Waals surface area contributed by atoms with Gasteiger partial charge in [0.25, 0.3) is 0 Å². The van der Waals surface area contributed by atoms with Gasteiger partial charge in [-0.2, -0.15) is 0 Å². The number of carbonyl (C=O) groups is 2. The van der Waals surface area contributed by atoms with Crippen molar-refractivity contribution in [2.24, 2.45) is 5.34 Å². The minimum atomic E-state index is -1.82. The predicted octanol–water partition coefficient (Wildman–Crippen LogP) is 2.15. The van der Waals surface area contributed by atoms with Crippen molar-refractivity contribution < 1.29 is 38.6 Å². The number of halogens is 1. The summed E-state index contributed by atoms with van der Waals surface area (Å²) < 4.78 is 2.18. The molecule has 0 aliphatic carbocycles. The third-order valence-electron chi connectivity index (χ3n) is 1.96. The van der Waals surface area contributed by atoms with Crippen molar-refractivity contribution in [2.45, 2.75) is 32.7 Å². The fourth-order valence-corrected chi connectivity index (χ4v) is 1.10. The molecule has 0 amide bonds. The van der Waals surface area contributed by atoms with Gasteiger partial charge in [0.15, 0.2) is 0 Å². The van der Waals surface area contributed by atoms with Gasteiger partial charge in [0.05, 0.1) is 5.82 Å². The Labute approximate surface area is 143 Å². The van der Waals surface area contributed by atoms with E-state index in [9.17, 15) is 0 Å². The number of aromatic nitrogens is 2. The number of imidazole rings is 1. The van der Waals surface area contributed by atoms with E-state index in [4.69, 9.17) is 29.9 Å². The Morgan fingerprint density at radius 2 is 1.91 bits per heavy atom. The Morgan fingerprint density at radius 1 is 1.45 bits per heavy atom. The van der Waals surface area contributed by atoms with Crippen molar-refractivity contribution in [3.63, 3.8) is 0 Å². The summed E-state index contributed by atoms with van der Waals surface area (Å²) in [6.07, 6.45) is 7.11. The van der Waals surface area contributed by atoms with E-state index in [2.05, 4.69) is 32.8 Å². The zero-order chi connectivity index (χ0) is 18.0. The van der Waals surface area contributed by atoms with E-state index in [1.807, 2.05) is 12.4 Å². The number of nitrogens with zero attached hydrogens (tertiary/aromatic N) is 3. The molecule has 0 aliphatic rings. The molecule has 0 unspecified atom stereocenters. The van der Waals surface area contributed by atoms with Gasteiger partial charge in [-0.3, -0.25) is 0 Å². The number of hydrogen-bond donors (Lipinski definition) is 2. The Hall–Kier alpha value is -1.47. The van der Waals surface area contributed by atoms with Crippen molar-refractivity contribution in [3.05, 3.63) is 35.3 Å². The van der Waals surface area contributed by atoms with Crippen LogP contribution in [0.5, 0.6) is 0 Å². The maximum atomic E-state index is 9.10. The first kappa shape index (κ1) is 25.5. The number of unbranched alkanes of at least 4 members (excludes halogenated alkanes) is 1. The molecule has 0 saturated carbocycles. The molecule has 0 bridgehead atoms. The molecule has 22 heavy (non-hydrogen) atoms. The van der Waals surface area contributed by atoms with Crippen LogP contribution >= 0.6 is 9.42 Å². The van der Waals surface area contributed by atoms with E-state index in [0.29, 0.717) is 0 Å². The number of aliphatic carboxylic acids is 2. The molecule has 1 rings (SSSR count). The summed E-state index contributed by atoms with van der Waals surface area (Å²) in [6, 6.07) is 0. The summed E-state index contributed by atoms with van der Waals surface area (Å²) in [5.74, 6) is -2.55. The van der Waals surface area contributed by atoms with E-state index in [-0.39, 0.29) is 0 Å². The van der Waals surface area contributed by atoms with Crippen LogP contribution in [0.4, 0.5) is 0 Å². The van der Waals surface area contributed by atoms with Crippen molar-refractivity contribution in [3.8, 4) is 0 Å². The molecular weight excluding hydrogens is 501 g/mol. The van der Waals surface area contributed by atoms with Crippen LogP contribution < -0.4 is 0 Å². The number of carboxylic acid groups (broad SMARTS) is 2. The number of hydrogen-bond acceptors (Lipinski definition) is 6. The van der Waals surface area contributed by atoms with Crippen LogP contribution in [0.25, 0.3) is 0 Å². The van der Waals surface area contributed by atoms with Crippen LogP contribution in [0, 0.1) is 17.0 Å². The molecule has 1 aromatic heterocycles. The molecule has 130 valence electrons. The van der Waals surface area contributed by atoms with Gasteiger partial charge in [-0.15, -0.1) is 11.8 Å². The van der Waals surface area contributed by atoms with E-state index in [1.165, 1.54) is 12.8 Å². The van der Waals surface area contributed by atoms with E-state index in [1.54, 1.807) is 18.8 Å². The monoisotopic (exact) mass is 517 g/mol. The van der Waals surface area contributed by atoms with Crippen molar-refractivity contribution >= 4 is 21.4 Å². The normalized spacial score (nSPS) is 8.05. The molecule has 0 aromatic carbocycles. The van der Waals surface area contributed by atoms with E-state index < -0.39 is 11.9 Å². The molecule has 1 heterocycles. The van der Waals surface area contributed by atoms with Gasteiger partial charge in [-0.25, -0.2) is 14.6 Å². The molecule has 1 aromatic rings. The first-order valence-corrected chi connectivity index (χ1v) is 8.58. The van der Waals surface area contributed by atoms with Crippen LogP contribution in [-0.4, -0.2) is 31.7 Å². The number of aryl methyl sites for hydroxylation is 1. The van der Waals surface area contributed by atoms with Gasteiger partial charge in [-0.1, -0.05) is 13.3 Å². The predicted molar refractivity (Wildman–Crippen MR) is 76.5 cm³/mol. The molecule has 0 atom stereocenters. The van der Waals surface area contributed by atoms with Crippen LogP contribution in [-0.2, 0) is 41.3 Å². The molecule has 2 N–H and O–H groups in total. The molecule has 0 spiro atoms. The quantitative estimate of drug-likeness (QED) is 0.269. The molecule has 0 saturated heterocycles. The zero-order valence-electron chi connectivity index (χ0n) is 11.8. The van der Waals surface area contributed by atoms with Gasteiger partial charge in [0.2, 0.25) is 0 Å². The van der Waals surface area contributed by atoms with Crippen LogP contribution in [0.1, 0.15) is 25.6 Å². The Kier molecular flexibility index (Phi) is 22.6. The third kappa shape index (κ3) is 16.6. The summed E-state index contributed by atoms with van der Waals surface area (Å²) in [7, 11) is 4.61. The summed E-state index contributed by atoms with van der Waals surface area (Å²) in [5.41, 5.74) is 0. The van der Waals surface area contributed by atoms with Crippen molar-refractivity contribution in [2.75, 3.05) is 0 Å². The molecule has 0 fully saturated rings. The first-order chi connectivity index (χ1) is 10.4. The van der Waals surface area contributed by atoms with Gasteiger partial charge in [-0.05, 0) is 6.42 Å². The van der Waals surface area contributed by atoms with Gasteiger partial charge in [0.1, 0.15) is 0 Å². The summed E-state index contributed by atoms with van der Waals surface area (Å²) in [5, 5.41) is 23.8. The fraction of sp³-hybridized carbons (Fsp3) is 0.455. The molecule has 0 aliphatic heterocycles. The SMILES string of the molecule is O=C(O)C(=O)O.O=N[O-].[CH2-]Cc1nccn1CCCC.[Cl][Pt+]. The van der Waals surface area contributed by atoms with E-state index in [0.717, 1.165) is 24.1 Å². The van der Waals surface area contributed by atoms with Gasteiger partial charge in [0, 0.05) is 18.9 Å². The Morgan fingerprint density at radius 3 is 2.23 bits per heavy atom. The average molecular weight is 518 g/mol. The van der Waals surface area contributed by atoms with Gasteiger partial charge < -0.3 is 31.8 Å². The average Bonchev–Trinajstić information content (AvgIpc) is 2.96. The first-order valence-electron chi connectivity index (χ1n) is 5.76. The number of rotatable bonds is 4. The fourth-order valence-electron chi connectivity index (χ4n) is 1.10. The Bertz CT molecular complexity index is 404. The molecule has 11 heteroatoms. The second-order valence-corrected chi connectivity index (χ2v) is 3.33. The summed E-state index contributed by atoms with van der Waals surface area (Å²) in [6.45, 7) is 7.09. The van der Waals surface area contributed by atoms with Crippen LogP contribution in [0.3, 0.4) is 0 Å². The third-order valence-corrected chi connectivity index (χ3v) is 1.96. The number of carboxylic acids is 2. The Balaban J connectivity index is -0.000000279. The van der Waals surface area contributed by atoms with E-state index >= 15 is 0 Å². The van der Waals surface area contributed by atoms with Crippen LogP contribution in [0.15, 0.2) is 17.7 Å². The summed E-state index contributed by atoms with van der Waals surface area (Å²) in [4.78, 5) is 30.4. The topological polar surface area (TPSA) is 145 Å².